The Balaban J connectivity index is 1.85. The van der Waals surface area contributed by atoms with Crippen molar-refractivity contribution in [1.82, 2.24) is 10.6 Å². The third-order valence-corrected chi connectivity index (χ3v) is 3.57. The van der Waals surface area contributed by atoms with Crippen molar-refractivity contribution in [2.24, 2.45) is 4.99 Å². The zero-order valence-electron chi connectivity index (χ0n) is 14.5. The minimum absolute atomic E-state index is 0.491. The van der Waals surface area contributed by atoms with E-state index < -0.39 is 11.6 Å². The Bertz CT molecular complexity index is 699. The van der Waals surface area contributed by atoms with Crippen molar-refractivity contribution in [3.05, 3.63) is 65.2 Å². The molecule has 0 atom stereocenters. The van der Waals surface area contributed by atoms with Gasteiger partial charge in [-0.15, -0.1) is 0 Å². The van der Waals surface area contributed by atoms with Gasteiger partial charge in [-0.25, -0.2) is 8.78 Å². The summed E-state index contributed by atoms with van der Waals surface area (Å²) in [6.07, 6.45) is 0.491. The second-order valence-corrected chi connectivity index (χ2v) is 5.42. The molecule has 0 heterocycles. The van der Waals surface area contributed by atoms with E-state index in [4.69, 9.17) is 4.74 Å². The number of aliphatic imine (C=N–C) groups is 1. The van der Waals surface area contributed by atoms with Crippen molar-refractivity contribution in [2.75, 3.05) is 20.2 Å². The smallest absolute Gasteiger partial charge is 0.191 e. The molecule has 0 aliphatic carbocycles. The number of benzene rings is 2. The molecule has 0 aliphatic heterocycles. The van der Waals surface area contributed by atoms with Crippen LogP contribution in [0.4, 0.5) is 8.78 Å². The van der Waals surface area contributed by atoms with Crippen molar-refractivity contribution >= 4 is 5.96 Å². The Labute approximate surface area is 146 Å². The molecule has 4 nitrogen and oxygen atoms in total. The maximum atomic E-state index is 13.2. The van der Waals surface area contributed by atoms with E-state index in [0.29, 0.717) is 37.6 Å². The van der Waals surface area contributed by atoms with E-state index in [1.165, 1.54) is 12.1 Å². The molecule has 2 rings (SSSR count). The standard InChI is InChI=1S/C19H23F2N3O/c1-3-25-18-7-5-4-6-15(18)13-24-19(22-2)23-9-8-14-10-16(20)12-17(21)11-14/h4-7,10-12H,3,8-9,13H2,1-2H3,(H2,22,23,24). The largest absolute Gasteiger partial charge is 0.494 e. The van der Waals surface area contributed by atoms with Gasteiger partial charge >= 0.3 is 0 Å². The average Bonchev–Trinajstić information content (AvgIpc) is 2.58. The molecule has 0 saturated carbocycles. The van der Waals surface area contributed by atoms with Gasteiger partial charge in [0.2, 0.25) is 0 Å². The Hall–Kier alpha value is -2.63. The first-order valence-electron chi connectivity index (χ1n) is 8.22. The minimum Gasteiger partial charge on any atom is -0.494 e. The minimum atomic E-state index is -0.565. The molecule has 2 aromatic rings. The summed E-state index contributed by atoms with van der Waals surface area (Å²) in [5.74, 6) is 0.321. The summed E-state index contributed by atoms with van der Waals surface area (Å²) >= 11 is 0. The third-order valence-electron chi connectivity index (χ3n) is 3.57. The Morgan fingerprint density at radius 1 is 1.08 bits per heavy atom. The lowest BCUT2D eigenvalue weighted by atomic mass is 10.1. The lowest BCUT2D eigenvalue weighted by molar-refractivity contribution is 0.336. The number of nitrogens with zero attached hydrogens (tertiary/aromatic N) is 1. The molecular formula is C19H23F2N3O. The SMILES string of the molecule is CCOc1ccccc1CNC(=NC)NCCc1cc(F)cc(F)c1. The Morgan fingerprint density at radius 2 is 1.80 bits per heavy atom. The van der Waals surface area contributed by atoms with Gasteiger partial charge in [-0.2, -0.15) is 0 Å². The van der Waals surface area contributed by atoms with Crippen LogP contribution in [0.1, 0.15) is 18.1 Å². The fourth-order valence-corrected chi connectivity index (χ4v) is 2.43. The Kier molecular flexibility index (Phi) is 7.19. The molecule has 25 heavy (non-hydrogen) atoms. The van der Waals surface area contributed by atoms with Gasteiger partial charge in [0, 0.05) is 31.8 Å². The maximum absolute atomic E-state index is 13.2. The lowest BCUT2D eigenvalue weighted by Crippen LogP contribution is -2.37. The van der Waals surface area contributed by atoms with Gasteiger partial charge in [-0.05, 0) is 37.1 Å². The van der Waals surface area contributed by atoms with Crippen LogP contribution in [0.2, 0.25) is 0 Å². The van der Waals surface area contributed by atoms with E-state index in [-0.39, 0.29) is 0 Å². The topological polar surface area (TPSA) is 45.6 Å². The van der Waals surface area contributed by atoms with Gasteiger partial charge in [0.25, 0.3) is 0 Å². The van der Waals surface area contributed by atoms with Crippen LogP contribution in [0, 0.1) is 11.6 Å². The highest BCUT2D eigenvalue weighted by Gasteiger charge is 2.05. The third kappa shape index (κ3) is 6.06. The van der Waals surface area contributed by atoms with Crippen LogP contribution >= 0.6 is 0 Å². The van der Waals surface area contributed by atoms with Gasteiger partial charge in [0.05, 0.1) is 6.61 Å². The van der Waals surface area contributed by atoms with Gasteiger partial charge < -0.3 is 15.4 Å². The molecular weight excluding hydrogens is 324 g/mol. The van der Waals surface area contributed by atoms with Gasteiger partial charge in [-0.1, -0.05) is 18.2 Å². The van der Waals surface area contributed by atoms with E-state index in [0.717, 1.165) is 17.4 Å². The number of hydrogen-bond acceptors (Lipinski definition) is 2. The first kappa shape index (κ1) is 18.7. The number of hydrogen-bond donors (Lipinski definition) is 2. The molecule has 0 aliphatic rings. The molecule has 0 spiro atoms. The zero-order chi connectivity index (χ0) is 18.1. The molecule has 0 radical (unpaired) electrons. The van der Waals surface area contributed by atoms with E-state index >= 15 is 0 Å². The summed E-state index contributed by atoms with van der Waals surface area (Å²) in [5.41, 5.74) is 1.63. The molecule has 2 aromatic carbocycles. The predicted molar refractivity (Wildman–Crippen MR) is 95.9 cm³/mol. The highest BCUT2D eigenvalue weighted by Crippen LogP contribution is 2.17. The molecule has 0 bridgehead atoms. The molecule has 6 heteroatoms. The monoisotopic (exact) mass is 347 g/mol. The van der Waals surface area contributed by atoms with Gasteiger partial charge in [-0.3, -0.25) is 4.99 Å². The predicted octanol–water partition coefficient (Wildman–Crippen LogP) is 3.27. The quantitative estimate of drug-likeness (QED) is 0.597. The highest BCUT2D eigenvalue weighted by atomic mass is 19.1. The molecule has 2 N–H and O–H groups in total. The van der Waals surface area contributed by atoms with Crippen molar-refractivity contribution in [3.63, 3.8) is 0 Å². The number of para-hydroxylation sites is 1. The van der Waals surface area contributed by atoms with E-state index in [2.05, 4.69) is 15.6 Å². The van der Waals surface area contributed by atoms with Crippen LogP contribution in [-0.2, 0) is 13.0 Å². The molecule has 0 unspecified atom stereocenters. The normalized spacial score (nSPS) is 11.3. The average molecular weight is 347 g/mol. The molecule has 0 fully saturated rings. The summed E-state index contributed by atoms with van der Waals surface area (Å²) in [6, 6.07) is 11.3. The van der Waals surface area contributed by atoms with E-state index in [9.17, 15) is 8.78 Å². The number of halogens is 2. The van der Waals surface area contributed by atoms with Gasteiger partial charge in [0.1, 0.15) is 17.4 Å². The Morgan fingerprint density at radius 3 is 2.48 bits per heavy atom. The first-order valence-corrected chi connectivity index (χ1v) is 8.22. The highest BCUT2D eigenvalue weighted by molar-refractivity contribution is 5.79. The van der Waals surface area contributed by atoms with Crippen LogP contribution in [0.3, 0.4) is 0 Å². The summed E-state index contributed by atoms with van der Waals surface area (Å²) in [5, 5.41) is 6.34. The van der Waals surface area contributed by atoms with Crippen LogP contribution in [0.25, 0.3) is 0 Å². The zero-order valence-corrected chi connectivity index (χ0v) is 14.5. The molecule has 0 saturated heterocycles. The molecule has 134 valence electrons. The second kappa shape index (κ2) is 9.61. The lowest BCUT2D eigenvalue weighted by Gasteiger charge is -2.14. The summed E-state index contributed by atoms with van der Waals surface area (Å²) < 4.78 is 32.0. The van der Waals surface area contributed by atoms with Crippen molar-refractivity contribution in [1.29, 1.82) is 0 Å². The van der Waals surface area contributed by atoms with E-state index in [1.807, 2.05) is 31.2 Å². The first-order chi connectivity index (χ1) is 12.1. The number of rotatable bonds is 7. The van der Waals surface area contributed by atoms with Crippen molar-refractivity contribution in [2.45, 2.75) is 19.9 Å². The van der Waals surface area contributed by atoms with Crippen LogP contribution in [0.15, 0.2) is 47.5 Å². The van der Waals surface area contributed by atoms with Gasteiger partial charge in [0.15, 0.2) is 5.96 Å². The van der Waals surface area contributed by atoms with Crippen molar-refractivity contribution < 1.29 is 13.5 Å². The van der Waals surface area contributed by atoms with Crippen LogP contribution in [0.5, 0.6) is 5.75 Å². The molecule has 0 aromatic heterocycles. The van der Waals surface area contributed by atoms with Crippen LogP contribution in [-0.4, -0.2) is 26.2 Å². The number of guanidine groups is 1. The van der Waals surface area contributed by atoms with Crippen molar-refractivity contribution in [3.8, 4) is 5.75 Å². The summed E-state index contributed by atoms with van der Waals surface area (Å²) in [4.78, 5) is 4.15. The summed E-state index contributed by atoms with van der Waals surface area (Å²) in [6.45, 7) is 3.62. The second-order valence-electron chi connectivity index (χ2n) is 5.42. The fraction of sp³-hybridized carbons (Fsp3) is 0.316. The maximum Gasteiger partial charge on any atom is 0.191 e. The van der Waals surface area contributed by atoms with E-state index in [1.54, 1.807) is 7.05 Å². The summed E-state index contributed by atoms with van der Waals surface area (Å²) in [7, 11) is 1.67. The number of ether oxygens (including phenoxy) is 1. The van der Waals surface area contributed by atoms with Crippen LogP contribution < -0.4 is 15.4 Å². The number of nitrogens with one attached hydrogen (secondary N) is 2. The fourth-order valence-electron chi connectivity index (χ4n) is 2.43. The molecule has 0 amide bonds.